The quantitative estimate of drug-likeness (QED) is 0.252. The Labute approximate surface area is 76.5 Å². The first-order valence-electron chi connectivity index (χ1n) is 3.32. The van der Waals surface area contributed by atoms with E-state index in [9.17, 15) is 0 Å². The van der Waals surface area contributed by atoms with Gasteiger partial charge in [-0.3, -0.25) is 5.43 Å². The van der Waals surface area contributed by atoms with Crippen LogP contribution in [0.25, 0.3) is 0 Å². The van der Waals surface area contributed by atoms with E-state index in [0.717, 1.165) is 0 Å². The number of nitrogens with zero attached hydrogens (tertiary/aromatic N) is 2. The van der Waals surface area contributed by atoms with Gasteiger partial charge in [0.05, 0.1) is 11.4 Å². The third kappa shape index (κ3) is 3.87. The lowest BCUT2D eigenvalue weighted by Gasteiger charge is -2.01. The SMILES string of the molecule is CNC(=S)N/N=C(C)/C(C)=N/O. The van der Waals surface area contributed by atoms with Crippen LogP contribution in [0.5, 0.6) is 0 Å². The Kier molecular flexibility index (Phi) is 4.94. The van der Waals surface area contributed by atoms with Crippen LogP contribution in [0, 0.1) is 0 Å². The predicted octanol–water partition coefficient (Wildman–Crippen LogP) is 0.306. The van der Waals surface area contributed by atoms with Crippen LogP contribution in [0.1, 0.15) is 13.8 Å². The minimum absolute atomic E-state index is 0.417. The fourth-order valence-corrected chi connectivity index (χ4v) is 0.389. The molecular weight excluding hydrogens is 176 g/mol. The van der Waals surface area contributed by atoms with Crippen molar-refractivity contribution >= 4 is 28.8 Å². The zero-order chi connectivity index (χ0) is 9.56. The zero-order valence-electron chi connectivity index (χ0n) is 7.25. The van der Waals surface area contributed by atoms with E-state index in [0.29, 0.717) is 16.5 Å². The Hall–Kier alpha value is -1.17. The highest BCUT2D eigenvalue weighted by Gasteiger charge is 1.96. The molecule has 0 aromatic heterocycles. The third-order valence-corrected chi connectivity index (χ3v) is 1.52. The van der Waals surface area contributed by atoms with Crippen LogP contribution < -0.4 is 10.7 Å². The zero-order valence-corrected chi connectivity index (χ0v) is 8.07. The number of hydrogen-bond acceptors (Lipinski definition) is 4. The maximum atomic E-state index is 8.36. The van der Waals surface area contributed by atoms with Crippen LogP contribution in [0.4, 0.5) is 0 Å². The average molecular weight is 188 g/mol. The molecule has 0 amide bonds. The first kappa shape index (κ1) is 10.8. The van der Waals surface area contributed by atoms with E-state index in [4.69, 9.17) is 17.4 Å². The molecule has 0 aromatic rings. The maximum absolute atomic E-state index is 8.36. The van der Waals surface area contributed by atoms with Crippen molar-refractivity contribution in [1.82, 2.24) is 10.7 Å². The molecule has 0 heterocycles. The molecule has 0 aliphatic rings. The molecule has 0 aliphatic carbocycles. The van der Waals surface area contributed by atoms with Gasteiger partial charge < -0.3 is 10.5 Å². The first-order chi connectivity index (χ1) is 5.61. The van der Waals surface area contributed by atoms with E-state index in [-0.39, 0.29) is 0 Å². The summed E-state index contributed by atoms with van der Waals surface area (Å²) in [4.78, 5) is 0. The van der Waals surface area contributed by atoms with Crippen molar-refractivity contribution in [3.63, 3.8) is 0 Å². The van der Waals surface area contributed by atoms with Gasteiger partial charge in [0.15, 0.2) is 5.11 Å². The van der Waals surface area contributed by atoms with Gasteiger partial charge in [0.25, 0.3) is 0 Å². The largest absolute Gasteiger partial charge is 0.411 e. The van der Waals surface area contributed by atoms with Crippen molar-refractivity contribution in [3.8, 4) is 0 Å². The van der Waals surface area contributed by atoms with E-state index in [1.165, 1.54) is 0 Å². The molecule has 12 heavy (non-hydrogen) atoms. The number of hydrogen-bond donors (Lipinski definition) is 3. The van der Waals surface area contributed by atoms with Gasteiger partial charge in [0.2, 0.25) is 0 Å². The molecule has 0 fully saturated rings. The summed E-state index contributed by atoms with van der Waals surface area (Å²) < 4.78 is 0. The summed E-state index contributed by atoms with van der Waals surface area (Å²) in [7, 11) is 1.69. The maximum Gasteiger partial charge on any atom is 0.186 e. The monoisotopic (exact) mass is 188 g/mol. The van der Waals surface area contributed by atoms with Gasteiger partial charge in [0.1, 0.15) is 0 Å². The molecule has 0 radical (unpaired) electrons. The Balaban J connectivity index is 4.10. The highest BCUT2D eigenvalue weighted by atomic mass is 32.1. The second-order valence-electron chi connectivity index (χ2n) is 2.07. The molecule has 0 atom stereocenters. The second-order valence-corrected chi connectivity index (χ2v) is 2.48. The van der Waals surface area contributed by atoms with Crippen molar-refractivity contribution in [2.45, 2.75) is 13.8 Å². The third-order valence-electron chi connectivity index (χ3n) is 1.23. The molecule has 5 nitrogen and oxygen atoms in total. The van der Waals surface area contributed by atoms with Gasteiger partial charge in [-0.25, -0.2) is 0 Å². The molecule has 0 saturated carbocycles. The number of hydrazone groups is 1. The predicted molar refractivity (Wildman–Crippen MR) is 52.8 cm³/mol. The molecule has 3 N–H and O–H groups in total. The van der Waals surface area contributed by atoms with Crippen molar-refractivity contribution in [3.05, 3.63) is 0 Å². The molecule has 0 bridgehead atoms. The molecule has 0 aromatic carbocycles. The van der Waals surface area contributed by atoms with Crippen molar-refractivity contribution in [2.24, 2.45) is 10.3 Å². The van der Waals surface area contributed by atoms with Crippen molar-refractivity contribution in [2.75, 3.05) is 7.05 Å². The molecule has 0 aliphatic heterocycles. The summed E-state index contributed by atoms with van der Waals surface area (Å²) in [5, 5.41) is 18.3. The van der Waals surface area contributed by atoms with Crippen LogP contribution in [0.15, 0.2) is 10.3 Å². The van der Waals surface area contributed by atoms with Gasteiger partial charge in [0, 0.05) is 7.05 Å². The summed E-state index contributed by atoms with van der Waals surface area (Å²) >= 11 is 4.76. The number of thiocarbonyl (C=S) groups is 1. The van der Waals surface area contributed by atoms with Gasteiger partial charge in [-0.05, 0) is 26.1 Å². The molecule has 0 saturated heterocycles. The number of oxime groups is 1. The summed E-state index contributed by atoms with van der Waals surface area (Å²) in [5.41, 5.74) is 3.59. The highest BCUT2D eigenvalue weighted by Crippen LogP contribution is 1.80. The number of rotatable bonds is 2. The van der Waals surface area contributed by atoms with Gasteiger partial charge in [-0.2, -0.15) is 5.10 Å². The fourth-order valence-electron chi connectivity index (χ4n) is 0.344. The lowest BCUT2D eigenvalue weighted by molar-refractivity contribution is 0.320. The summed E-state index contributed by atoms with van der Waals surface area (Å²) in [5.74, 6) is 0. The van der Waals surface area contributed by atoms with E-state index in [2.05, 4.69) is 21.0 Å². The Morgan fingerprint density at radius 2 is 1.92 bits per heavy atom. The van der Waals surface area contributed by atoms with Crippen LogP contribution in [0.3, 0.4) is 0 Å². The van der Waals surface area contributed by atoms with E-state index < -0.39 is 0 Å². The summed E-state index contributed by atoms with van der Waals surface area (Å²) in [6, 6.07) is 0. The van der Waals surface area contributed by atoms with E-state index in [1.807, 2.05) is 0 Å². The summed E-state index contributed by atoms with van der Waals surface area (Å²) in [6.07, 6.45) is 0. The standard InChI is InChI=1S/C6H12N4OS/c1-4(5(2)10-11)8-9-6(12)7-3/h11H,1-3H3,(H2,7,9,12)/b8-4+,10-5+. The molecule has 0 spiro atoms. The highest BCUT2D eigenvalue weighted by molar-refractivity contribution is 7.80. The summed E-state index contributed by atoms with van der Waals surface area (Å²) in [6.45, 7) is 3.35. The van der Waals surface area contributed by atoms with E-state index in [1.54, 1.807) is 20.9 Å². The van der Waals surface area contributed by atoms with Crippen LogP contribution in [0.2, 0.25) is 0 Å². The Bertz CT molecular complexity index is 224. The smallest absolute Gasteiger partial charge is 0.186 e. The van der Waals surface area contributed by atoms with Gasteiger partial charge >= 0.3 is 0 Å². The Morgan fingerprint density at radius 3 is 2.33 bits per heavy atom. The van der Waals surface area contributed by atoms with E-state index >= 15 is 0 Å². The normalized spacial score (nSPS) is 12.6. The first-order valence-corrected chi connectivity index (χ1v) is 3.73. The fraction of sp³-hybridized carbons (Fsp3) is 0.500. The number of nitrogens with one attached hydrogen (secondary N) is 2. The average Bonchev–Trinajstić information content (AvgIpc) is 2.11. The molecule has 0 unspecified atom stereocenters. The Morgan fingerprint density at radius 1 is 1.33 bits per heavy atom. The molecular formula is C6H12N4OS. The molecule has 68 valence electrons. The lowest BCUT2D eigenvalue weighted by atomic mass is 10.3. The topological polar surface area (TPSA) is 69.0 Å². The molecule has 6 heteroatoms. The minimum atomic E-state index is 0.417. The minimum Gasteiger partial charge on any atom is -0.411 e. The van der Waals surface area contributed by atoms with Crippen molar-refractivity contribution < 1.29 is 5.21 Å². The lowest BCUT2D eigenvalue weighted by Crippen LogP contribution is -2.29. The van der Waals surface area contributed by atoms with Gasteiger partial charge in [-0.15, -0.1) is 0 Å². The molecule has 0 rings (SSSR count). The van der Waals surface area contributed by atoms with Crippen LogP contribution >= 0.6 is 12.2 Å². The van der Waals surface area contributed by atoms with Gasteiger partial charge in [-0.1, -0.05) is 5.16 Å². The van der Waals surface area contributed by atoms with Crippen LogP contribution in [-0.4, -0.2) is 28.8 Å². The second kappa shape index (κ2) is 5.48. The van der Waals surface area contributed by atoms with Crippen LogP contribution in [-0.2, 0) is 0 Å². The van der Waals surface area contributed by atoms with Crippen molar-refractivity contribution in [1.29, 1.82) is 0 Å².